The van der Waals surface area contributed by atoms with Crippen LogP contribution in [0.15, 0.2) is 47.1 Å². The molecule has 0 saturated carbocycles. The highest BCUT2D eigenvalue weighted by molar-refractivity contribution is 9.10. The van der Waals surface area contributed by atoms with Gasteiger partial charge in [0.15, 0.2) is 0 Å². The number of rotatable bonds is 4. The average Bonchev–Trinajstić information content (AvgIpc) is 2.92. The summed E-state index contributed by atoms with van der Waals surface area (Å²) in [7, 11) is 0. The number of nitro groups is 1. The molecule has 7 nitrogen and oxygen atoms in total. The number of nitrogens with zero attached hydrogens (tertiary/aromatic N) is 2. The van der Waals surface area contributed by atoms with Crippen LogP contribution >= 0.6 is 15.9 Å². The first-order valence-corrected chi connectivity index (χ1v) is 7.99. The monoisotopic (exact) mass is 401 g/mol. The van der Waals surface area contributed by atoms with Crippen LogP contribution in [0, 0.1) is 17.0 Å². The molecular formula is C17H12BrN3O4. The van der Waals surface area contributed by atoms with Crippen LogP contribution in [0.1, 0.15) is 15.9 Å². The third-order valence-electron chi connectivity index (χ3n) is 3.89. The SMILES string of the molecule is Cc1cc([N+](=O)[O-])ccc1-n1cc(C(=O)C(N)=O)c2cc(Br)ccc21. The highest BCUT2D eigenvalue weighted by atomic mass is 79.9. The van der Waals surface area contributed by atoms with Crippen molar-refractivity contribution in [2.24, 2.45) is 5.73 Å². The van der Waals surface area contributed by atoms with Gasteiger partial charge >= 0.3 is 0 Å². The normalized spacial score (nSPS) is 10.8. The molecule has 0 aliphatic rings. The number of ketones is 1. The number of hydrogen-bond donors (Lipinski definition) is 1. The number of fused-ring (bicyclic) bond motifs is 1. The summed E-state index contributed by atoms with van der Waals surface area (Å²) in [5.74, 6) is -1.83. The quantitative estimate of drug-likeness (QED) is 0.313. The average molecular weight is 402 g/mol. The number of nitro benzene ring substituents is 1. The molecule has 0 bridgehead atoms. The van der Waals surface area contributed by atoms with Gasteiger partial charge in [-0.1, -0.05) is 15.9 Å². The summed E-state index contributed by atoms with van der Waals surface area (Å²) in [5.41, 5.74) is 7.32. The Labute approximate surface area is 150 Å². The van der Waals surface area contributed by atoms with Crippen LogP contribution in [-0.2, 0) is 4.79 Å². The van der Waals surface area contributed by atoms with Crippen LogP contribution in [0.3, 0.4) is 0 Å². The number of benzene rings is 2. The molecule has 2 aromatic carbocycles. The van der Waals surface area contributed by atoms with Crippen molar-refractivity contribution < 1.29 is 14.5 Å². The number of Topliss-reactive ketones (excluding diaryl/α,β-unsaturated/α-hetero) is 1. The number of amides is 1. The second-order valence-corrected chi connectivity index (χ2v) is 6.41. The summed E-state index contributed by atoms with van der Waals surface area (Å²) in [6.45, 7) is 1.74. The van der Waals surface area contributed by atoms with Gasteiger partial charge in [0.2, 0.25) is 0 Å². The van der Waals surface area contributed by atoms with Gasteiger partial charge in [-0.25, -0.2) is 0 Å². The number of hydrogen-bond acceptors (Lipinski definition) is 4. The zero-order chi connectivity index (χ0) is 18.3. The van der Waals surface area contributed by atoms with Crippen molar-refractivity contribution in [3.8, 4) is 5.69 Å². The molecule has 0 spiro atoms. The molecule has 1 aromatic heterocycles. The van der Waals surface area contributed by atoms with E-state index in [0.717, 1.165) is 4.47 Å². The Morgan fingerprint density at radius 1 is 1.20 bits per heavy atom. The molecule has 8 heteroatoms. The largest absolute Gasteiger partial charge is 0.363 e. The molecule has 3 aromatic rings. The van der Waals surface area contributed by atoms with Gasteiger partial charge < -0.3 is 10.3 Å². The second kappa shape index (κ2) is 6.14. The van der Waals surface area contributed by atoms with Crippen molar-refractivity contribution in [2.75, 3.05) is 0 Å². The first-order valence-electron chi connectivity index (χ1n) is 7.19. The van der Waals surface area contributed by atoms with Crippen molar-refractivity contribution in [3.05, 3.63) is 68.3 Å². The first kappa shape index (κ1) is 16.8. The third-order valence-corrected chi connectivity index (χ3v) is 4.38. The number of non-ortho nitro benzene ring substituents is 1. The number of halogens is 1. The Morgan fingerprint density at radius 2 is 1.92 bits per heavy atom. The lowest BCUT2D eigenvalue weighted by Crippen LogP contribution is -2.22. The molecule has 3 rings (SSSR count). The van der Waals surface area contributed by atoms with Gasteiger partial charge in [0.25, 0.3) is 17.4 Å². The predicted octanol–water partition coefficient (Wildman–Crippen LogP) is 3.28. The Bertz CT molecular complexity index is 1060. The maximum Gasteiger partial charge on any atom is 0.289 e. The summed E-state index contributed by atoms with van der Waals surface area (Å²) in [5, 5.41) is 11.5. The molecule has 0 saturated heterocycles. The van der Waals surface area contributed by atoms with E-state index in [9.17, 15) is 19.7 Å². The standard InChI is InChI=1S/C17H12BrN3O4/c1-9-6-11(21(24)25)3-5-14(9)20-8-13(16(22)17(19)23)12-7-10(18)2-4-15(12)20/h2-8H,1H3,(H2,19,23). The Morgan fingerprint density at radius 3 is 2.52 bits per heavy atom. The van der Waals surface area contributed by atoms with Gasteiger partial charge in [-0.15, -0.1) is 0 Å². The highest BCUT2D eigenvalue weighted by Gasteiger charge is 2.21. The zero-order valence-electron chi connectivity index (χ0n) is 13.0. The second-order valence-electron chi connectivity index (χ2n) is 5.50. The molecule has 0 atom stereocenters. The number of aryl methyl sites for hydroxylation is 1. The Kier molecular flexibility index (Phi) is 4.13. The zero-order valence-corrected chi connectivity index (χ0v) is 14.6. The van der Waals surface area contributed by atoms with E-state index in [2.05, 4.69) is 15.9 Å². The predicted molar refractivity (Wildman–Crippen MR) is 95.9 cm³/mol. The van der Waals surface area contributed by atoms with Gasteiger partial charge in [-0.05, 0) is 36.8 Å². The van der Waals surface area contributed by atoms with Crippen molar-refractivity contribution in [2.45, 2.75) is 6.92 Å². The van der Waals surface area contributed by atoms with E-state index in [1.807, 2.05) is 0 Å². The Hall–Kier alpha value is -3.00. The summed E-state index contributed by atoms with van der Waals surface area (Å²) in [6.07, 6.45) is 1.53. The third kappa shape index (κ3) is 2.91. The molecule has 0 aliphatic heterocycles. The van der Waals surface area contributed by atoms with E-state index in [1.54, 1.807) is 35.8 Å². The fourth-order valence-corrected chi connectivity index (χ4v) is 3.10. The molecule has 0 unspecified atom stereocenters. The molecule has 2 N–H and O–H groups in total. The van der Waals surface area contributed by atoms with Crippen LogP contribution in [0.25, 0.3) is 16.6 Å². The van der Waals surface area contributed by atoms with Crippen LogP contribution < -0.4 is 5.73 Å². The van der Waals surface area contributed by atoms with Gasteiger partial charge in [-0.3, -0.25) is 19.7 Å². The molecule has 1 heterocycles. The number of primary amides is 1. The highest BCUT2D eigenvalue weighted by Crippen LogP contribution is 2.30. The maximum absolute atomic E-state index is 12.2. The van der Waals surface area contributed by atoms with Crippen molar-refractivity contribution in [3.63, 3.8) is 0 Å². The van der Waals surface area contributed by atoms with Crippen LogP contribution in [-0.4, -0.2) is 21.2 Å². The van der Waals surface area contributed by atoms with Gasteiger partial charge in [0, 0.05) is 33.9 Å². The van der Waals surface area contributed by atoms with Gasteiger partial charge in [0.1, 0.15) is 0 Å². The van der Waals surface area contributed by atoms with Crippen molar-refractivity contribution in [1.82, 2.24) is 4.57 Å². The van der Waals surface area contributed by atoms with Crippen molar-refractivity contribution >= 4 is 44.2 Å². The van der Waals surface area contributed by atoms with E-state index < -0.39 is 16.6 Å². The summed E-state index contributed by atoms with van der Waals surface area (Å²) in [4.78, 5) is 33.9. The number of aromatic nitrogens is 1. The molecule has 0 aliphatic carbocycles. The fraction of sp³-hybridized carbons (Fsp3) is 0.0588. The topological polar surface area (TPSA) is 108 Å². The smallest absolute Gasteiger partial charge is 0.289 e. The van der Waals surface area contributed by atoms with Crippen molar-refractivity contribution in [1.29, 1.82) is 0 Å². The molecular weight excluding hydrogens is 390 g/mol. The van der Waals surface area contributed by atoms with Gasteiger partial charge in [0.05, 0.1) is 16.0 Å². The van der Waals surface area contributed by atoms with E-state index >= 15 is 0 Å². The summed E-state index contributed by atoms with van der Waals surface area (Å²) >= 11 is 3.35. The van der Waals surface area contributed by atoms with Crippen LogP contribution in [0.4, 0.5) is 5.69 Å². The van der Waals surface area contributed by atoms with Crippen LogP contribution in [0.2, 0.25) is 0 Å². The molecule has 25 heavy (non-hydrogen) atoms. The molecule has 1 amide bonds. The number of carbonyl (C=O) groups excluding carboxylic acids is 2. The Balaban J connectivity index is 2.29. The number of nitrogens with two attached hydrogens (primary N) is 1. The van der Waals surface area contributed by atoms with E-state index in [0.29, 0.717) is 22.2 Å². The molecule has 0 fully saturated rings. The van der Waals surface area contributed by atoms with E-state index in [-0.39, 0.29) is 11.3 Å². The summed E-state index contributed by atoms with van der Waals surface area (Å²) < 4.78 is 2.47. The molecule has 0 radical (unpaired) electrons. The minimum Gasteiger partial charge on any atom is -0.363 e. The van der Waals surface area contributed by atoms with E-state index in [1.165, 1.54) is 18.3 Å². The van der Waals surface area contributed by atoms with E-state index in [4.69, 9.17) is 5.73 Å². The lowest BCUT2D eigenvalue weighted by atomic mass is 10.1. The number of carbonyl (C=O) groups is 2. The summed E-state index contributed by atoms with van der Waals surface area (Å²) in [6, 6.07) is 9.77. The van der Waals surface area contributed by atoms with Crippen LogP contribution in [0.5, 0.6) is 0 Å². The minimum atomic E-state index is -1.04. The minimum absolute atomic E-state index is 0.0195. The maximum atomic E-state index is 12.2. The fourth-order valence-electron chi connectivity index (χ4n) is 2.74. The lowest BCUT2D eigenvalue weighted by Gasteiger charge is -2.09. The first-order chi connectivity index (χ1) is 11.8. The molecule has 126 valence electrons. The van der Waals surface area contributed by atoms with Gasteiger partial charge in [-0.2, -0.15) is 0 Å². The lowest BCUT2D eigenvalue weighted by molar-refractivity contribution is -0.384.